The number of carbonyl (C=O) groups excluding carboxylic acids is 6. The number of nitrogens with two attached hydrogens (primary N) is 1. The van der Waals surface area contributed by atoms with Crippen LogP contribution in [0.25, 0.3) is 10.8 Å². The second-order valence-corrected chi connectivity index (χ2v) is 23.1. The van der Waals surface area contributed by atoms with Crippen molar-refractivity contribution in [3.05, 3.63) is 109 Å². The third-order valence-electron chi connectivity index (χ3n) is 11.6. The van der Waals surface area contributed by atoms with E-state index in [0.717, 1.165) is 22.8 Å². The lowest BCUT2D eigenvalue weighted by Crippen LogP contribution is -2.64. The summed E-state index contributed by atoms with van der Waals surface area (Å²) in [5.41, 5.74) is 3.89. The molecule has 0 bridgehead atoms. The summed E-state index contributed by atoms with van der Waals surface area (Å²) in [6, 6.07) is 18.1. The van der Waals surface area contributed by atoms with E-state index in [1.54, 1.807) is 92.7 Å². The fourth-order valence-corrected chi connectivity index (χ4v) is 11.2. The lowest BCUT2D eigenvalue weighted by atomic mass is 9.77. The molecule has 3 aromatic carbocycles. The van der Waals surface area contributed by atoms with Gasteiger partial charge in [0.1, 0.15) is 23.2 Å². The average Bonchev–Trinajstić information content (AvgIpc) is 3.24. The second kappa shape index (κ2) is 24.5. The van der Waals surface area contributed by atoms with Gasteiger partial charge in [-0.15, -0.1) is 13.2 Å². The summed E-state index contributed by atoms with van der Waals surface area (Å²) in [5, 5.41) is 13.3. The molecule has 70 heavy (non-hydrogen) atoms. The van der Waals surface area contributed by atoms with Gasteiger partial charge in [0.15, 0.2) is 0 Å². The van der Waals surface area contributed by atoms with Gasteiger partial charge in [-0.1, -0.05) is 98.1 Å². The van der Waals surface area contributed by atoms with Crippen molar-refractivity contribution in [2.45, 2.75) is 173 Å². The number of primary amides is 1. The third-order valence-corrected chi connectivity index (χ3v) is 14.0. The first kappa shape index (κ1) is 57.0. The maximum absolute atomic E-state index is 14.9. The van der Waals surface area contributed by atoms with E-state index in [-0.39, 0.29) is 44.8 Å². The van der Waals surface area contributed by atoms with Crippen molar-refractivity contribution in [1.29, 1.82) is 0 Å². The molecule has 0 spiro atoms. The largest absolute Gasteiger partial charge is 0.460 e. The fraction of sp³-hybridized carbons (Fsp3) is 0.519. The van der Waals surface area contributed by atoms with E-state index in [2.05, 4.69) is 34.4 Å². The molecule has 3 aromatic rings. The molecule has 6 N–H and O–H groups in total. The van der Waals surface area contributed by atoms with Crippen molar-refractivity contribution in [2.75, 3.05) is 0 Å². The molecule has 0 unspecified atom stereocenters. The number of carbonyl (C=O) groups is 6. The second-order valence-electron chi connectivity index (χ2n) is 21.2. The van der Waals surface area contributed by atoms with Crippen LogP contribution in [0.2, 0.25) is 0 Å². The quantitative estimate of drug-likeness (QED) is 0.0345. The topological polar surface area (TPSA) is 221 Å². The van der Waals surface area contributed by atoms with E-state index in [1.807, 2.05) is 42.5 Å². The molecule has 382 valence electrons. The van der Waals surface area contributed by atoms with Crippen LogP contribution in [0.4, 0.5) is 0 Å². The Hall–Kier alpha value is -5.63. The zero-order valence-electron chi connectivity index (χ0n) is 42.6. The predicted molar refractivity (Wildman–Crippen MR) is 273 cm³/mol. The van der Waals surface area contributed by atoms with Crippen LogP contribution >= 0.6 is 7.60 Å². The molecule has 1 fully saturated rings. The zero-order chi connectivity index (χ0) is 52.1. The Labute approximate surface area is 414 Å². The predicted octanol–water partition coefficient (Wildman–Crippen LogP) is 8.73. The Morgan fingerprint density at radius 1 is 0.714 bits per heavy atom. The SMILES string of the molecule is C=CC[C@H](NC(=O)[C@H](CC(N)=O)NC(=O)C1(NC(=O)[C@@H](CC(=O)OC(C)(C)C)[C@@H](CC=C)c2ccc(CP(=O)(OC(C)(C)C)OC(C)(C)C)cc2)CCCCC1)C(=O)NCc1cccc2ccccc12. The number of benzene rings is 3. The van der Waals surface area contributed by atoms with Gasteiger partial charge in [0.2, 0.25) is 29.5 Å². The number of esters is 1. The van der Waals surface area contributed by atoms with Crippen molar-refractivity contribution < 1.29 is 47.1 Å². The lowest BCUT2D eigenvalue weighted by Gasteiger charge is -2.39. The summed E-state index contributed by atoms with van der Waals surface area (Å²) in [7, 11) is -3.66. The molecule has 0 radical (unpaired) electrons. The van der Waals surface area contributed by atoms with Gasteiger partial charge in [0.05, 0.1) is 36.1 Å². The number of hydrogen-bond donors (Lipinski definition) is 5. The normalized spacial score (nSPS) is 15.8. The van der Waals surface area contributed by atoms with E-state index in [9.17, 15) is 33.3 Å². The summed E-state index contributed by atoms with van der Waals surface area (Å²) >= 11 is 0. The molecule has 1 saturated carbocycles. The van der Waals surface area contributed by atoms with Gasteiger partial charge < -0.3 is 40.8 Å². The summed E-state index contributed by atoms with van der Waals surface area (Å²) in [6.45, 7) is 23.9. The monoisotopic (exact) mass is 986 g/mol. The first-order valence-electron chi connectivity index (χ1n) is 24.1. The number of ether oxygens (including phenoxy) is 1. The van der Waals surface area contributed by atoms with Gasteiger partial charge in [-0.3, -0.25) is 33.3 Å². The molecule has 4 atom stereocenters. The highest BCUT2D eigenvalue weighted by Gasteiger charge is 2.45. The van der Waals surface area contributed by atoms with Crippen LogP contribution in [0.5, 0.6) is 0 Å². The van der Waals surface area contributed by atoms with Crippen molar-refractivity contribution in [3.63, 3.8) is 0 Å². The van der Waals surface area contributed by atoms with Crippen molar-refractivity contribution in [1.82, 2.24) is 21.3 Å². The highest BCUT2D eigenvalue weighted by molar-refractivity contribution is 7.53. The minimum Gasteiger partial charge on any atom is -0.460 e. The van der Waals surface area contributed by atoms with Crippen molar-refractivity contribution in [3.8, 4) is 0 Å². The Kier molecular flexibility index (Phi) is 19.9. The van der Waals surface area contributed by atoms with Crippen LogP contribution in [0.3, 0.4) is 0 Å². The summed E-state index contributed by atoms with van der Waals surface area (Å²) in [6.07, 6.45) is 4.70. The van der Waals surface area contributed by atoms with Crippen LogP contribution in [-0.4, -0.2) is 69.9 Å². The Bertz CT molecular complexity index is 2370. The first-order chi connectivity index (χ1) is 32.6. The van der Waals surface area contributed by atoms with Crippen LogP contribution in [0.15, 0.2) is 92.0 Å². The summed E-state index contributed by atoms with van der Waals surface area (Å²) in [5.74, 6) is -5.91. The third kappa shape index (κ3) is 17.6. The molecule has 5 amide bonds. The standard InChI is InChI=1S/C54H76N5O10P/c1-12-20-41(38-28-26-36(27-29-38)35-70(66,68-52(6,7)8)69-53(9,10)11)42(32-46(61)67-51(3,4)5)47(62)59-54(30-17-14-18-31-54)50(65)58-44(33-45(55)60)49(64)57-43(21-13-2)48(63)56-34-39-24-19-23-37-22-15-16-25-40(37)39/h12-13,15-16,19,22-29,41-44H,1-2,14,17-18,20-21,30-35H2,3-11H3,(H2,55,60)(H,56,63)(H,57,64)(H,58,65)(H,59,62)/t41-,42-,43-,44-/m0/s1. The lowest BCUT2D eigenvalue weighted by molar-refractivity contribution is -0.158. The summed E-state index contributed by atoms with van der Waals surface area (Å²) < 4.78 is 31.9. The van der Waals surface area contributed by atoms with Crippen LogP contribution in [0.1, 0.15) is 143 Å². The van der Waals surface area contributed by atoms with E-state index in [0.29, 0.717) is 24.0 Å². The van der Waals surface area contributed by atoms with Gasteiger partial charge in [-0.05, 0) is 121 Å². The fourth-order valence-electron chi connectivity index (χ4n) is 8.73. The van der Waals surface area contributed by atoms with Crippen molar-refractivity contribution in [2.24, 2.45) is 11.7 Å². The number of amides is 5. The molecular weight excluding hydrogens is 910 g/mol. The molecule has 15 nitrogen and oxygen atoms in total. The average molecular weight is 986 g/mol. The minimum atomic E-state index is -3.66. The molecule has 0 aliphatic heterocycles. The van der Waals surface area contributed by atoms with Crippen LogP contribution < -0.4 is 27.0 Å². The number of fused-ring (bicyclic) bond motifs is 1. The maximum Gasteiger partial charge on any atom is 0.336 e. The van der Waals surface area contributed by atoms with Gasteiger partial charge in [0, 0.05) is 6.54 Å². The van der Waals surface area contributed by atoms with Gasteiger partial charge in [-0.2, -0.15) is 0 Å². The van der Waals surface area contributed by atoms with E-state index >= 15 is 0 Å². The molecule has 0 aromatic heterocycles. The van der Waals surface area contributed by atoms with Crippen molar-refractivity contribution >= 4 is 53.9 Å². The van der Waals surface area contributed by atoms with E-state index in [4.69, 9.17) is 19.5 Å². The Morgan fingerprint density at radius 2 is 1.31 bits per heavy atom. The van der Waals surface area contributed by atoms with Gasteiger partial charge >= 0.3 is 13.6 Å². The summed E-state index contributed by atoms with van der Waals surface area (Å²) in [4.78, 5) is 83.3. The van der Waals surface area contributed by atoms with Crippen LogP contribution in [-0.2, 0) is 59.8 Å². The maximum atomic E-state index is 14.9. The molecular formula is C54H76N5O10P. The zero-order valence-corrected chi connectivity index (χ0v) is 43.5. The Morgan fingerprint density at radius 3 is 1.89 bits per heavy atom. The molecule has 16 heteroatoms. The number of allylic oxidation sites excluding steroid dienone is 1. The molecule has 1 aliphatic carbocycles. The number of hydrogen-bond acceptors (Lipinski definition) is 10. The smallest absolute Gasteiger partial charge is 0.336 e. The molecule has 4 rings (SSSR count). The highest BCUT2D eigenvalue weighted by atomic mass is 31.2. The van der Waals surface area contributed by atoms with E-state index in [1.165, 1.54) is 6.08 Å². The van der Waals surface area contributed by atoms with Gasteiger partial charge in [-0.25, -0.2) is 0 Å². The van der Waals surface area contributed by atoms with Gasteiger partial charge in [0.25, 0.3) is 0 Å². The molecule has 0 saturated heterocycles. The van der Waals surface area contributed by atoms with E-state index < -0.39 is 95.8 Å². The molecule has 1 aliphatic rings. The molecule has 0 heterocycles. The number of rotatable bonds is 23. The first-order valence-corrected chi connectivity index (χ1v) is 25.9. The number of nitrogens with one attached hydrogen (secondary N) is 4. The van der Waals surface area contributed by atoms with Crippen LogP contribution in [0, 0.1) is 5.92 Å². The highest BCUT2D eigenvalue weighted by Crippen LogP contribution is 2.57. The minimum absolute atomic E-state index is 0.0177. The Balaban J connectivity index is 1.63.